The number of amides is 3. The lowest BCUT2D eigenvalue weighted by Gasteiger charge is -2.23. The van der Waals surface area contributed by atoms with Gasteiger partial charge in [0.25, 0.3) is 0 Å². The number of ether oxygens (including phenoxy) is 1. The minimum Gasteiger partial charge on any atom is -0.453 e. The Labute approximate surface area is 299 Å². The number of carbonyl (C=O) groups is 3. The van der Waals surface area contributed by atoms with Crippen LogP contribution in [0.1, 0.15) is 60.7 Å². The Hall–Kier alpha value is -6.50. The van der Waals surface area contributed by atoms with E-state index in [2.05, 4.69) is 25.6 Å². The largest absolute Gasteiger partial charge is 0.453 e. The number of rotatable bonds is 11. The minimum atomic E-state index is -0.952. The maximum atomic E-state index is 13.3. The number of aromatic amines is 2. The minimum absolute atomic E-state index is 0.0437. The molecule has 4 heterocycles. The number of hydrogen-bond donors (Lipinski definition) is 4. The van der Waals surface area contributed by atoms with E-state index in [1.54, 1.807) is 56.2 Å². The van der Waals surface area contributed by atoms with Crippen LogP contribution < -0.4 is 10.6 Å². The molecule has 1 fully saturated rings. The summed E-state index contributed by atoms with van der Waals surface area (Å²) in [5, 5.41) is 5.52. The molecule has 0 unspecified atom stereocenters. The van der Waals surface area contributed by atoms with Gasteiger partial charge in [-0.15, -0.1) is 0 Å². The van der Waals surface area contributed by atoms with Gasteiger partial charge in [-0.2, -0.15) is 0 Å². The highest BCUT2D eigenvalue weighted by atomic mass is 16.5. The number of nitrogens with zero attached hydrogens (tertiary/aromatic N) is 4. The zero-order valence-corrected chi connectivity index (χ0v) is 28.6. The first-order chi connectivity index (χ1) is 25.4. The van der Waals surface area contributed by atoms with Crippen molar-refractivity contribution >= 4 is 17.9 Å². The highest BCUT2D eigenvalue weighted by Crippen LogP contribution is 2.34. The number of alkyl carbamates (subject to hydrolysis) is 1. The molecule has 1 radical (unpaired) electrons. The molecule has 0 saturated carbocycles. The smallest absolute Gasteiger partial charge is 0.407 e. The van der Waals surface area contributed by atoms with Crippen LogP contribution in [0.25, 0.3) is 34.2 Å². The Morgan fingerprint density at radius 3 is 2.46 bits per heavy atom. The van der Waals surface area contributed by atoms with Crippen molar-refractivity contribution in [1.82, 2.24) is 40.5 Å². The molecular formula is C39H37N8O5. The molecule has 0 bridgehead atoms. The van der Waals surface area contributed by atoms with Gasteiger partial charge in [0.2, 0.25) is 17.7 Å². The molecule has 7 rings (SSSR count). The van der Waals surface area contributed by atoms with Crippen LogP contribution in [0.5, 0.6) is 0 Å². The van der Waals surface area contributed by atoms with Crippen LogP contribution in [0.3, 0.4) is 0 Å². The van der Waals surface area contributed by atoms with Gasteiger partial charge in [-0.05, 0) is 37.0 Å². The molecule has 1 saturated heterocycles. The van der Waals surface area contributed by atoms with Crippen molar-refractivity contribution in [3.63, 3.8) is 0 Å². The summed E-state index contributed by atoms with van der Waals surface area (Å²) < 4.78 is 10.9. The normalized spacial score (nSPS) is 15.2. The molecule has 3 atom stereocenters. The molecule has 0 aliphatic carbocycles. The summed E-state index contributed by atoms with van der Waals surface area (Å²) in [6, 6.07) is 24.6. The lowest BCUT2D eigenvalue weighted by atomic mass is 10.1. The molecule has 1 aliphatic rings. The molecule has 3 amide bonds. The van der Waals surface area contributed by atoms with Gasteiger partial charge in [-0.25, -0.2) is 19.7 Å². The van der Waals surface area contributed by atoms with Crippen molar-refractivity contribution in [2.75, 3.05) is 13.7 Å². The molecule has 13 heteroatoms. The van der Waals surface area contributed by atoms with E-state index in [1.165, 1.54) is 7.11 Å². The van der Waals surface area contributed by atoms with Crippen molar-refractivity contribution in [3.05, 3.63) is 133 Å². The summed E-state index contributed by atoms with van der Waals surface area (Å²) in [5.41, 5.74) is 4.32. The third kappa shape index (κ3) is 7.48. The average molecular weight is 698 g/mol. The first kappa shape index (κ1) is 34.0. The van der Waals surface area contributed by atoms with Crippen LogP contribution in [0.4, 0.5) is 4.79 Å². The maximum absolute atomic E-state index is 13.3. The second kappa shape index (κ2) is 15.2. The summed E-state index contributed by atoms with van der Waals surface area (Å²) in [4.78, 5) is 60.6. The number of hydrogen-bond acceptors (Lipinski definition) is 8. The SMILES string of the molecule is COC(=O)N[C@@H](C(=O)N[C@@H](C)c1nc(-c2cccc(-c3cnc(-c4c[nH]c([C@@H]5CCCN5C(=O)[CH]c5ccccc5)n4)o3)c2)c[nH]1)c1ccccc1. The van der Waals surface area contributed by atoms with Crippen LogP contribution in [-0.2, 0) is 14.3 Å². The van der Waals surface area contributed by atoms with Crippen LogP contribution in [0.2, 0.25) is 0 Å². The van der Waals surface area contributed by atoms with Gasteiger partial charge >= 0.3 is 6.09 Å². The van der Waals surface area contributed by atoms with Crippen LogP contribution in [-0.4, -0.2) is 61.4 Å². The number of oxazole rings is 1. The van der Waals surface area contributed by atoms with Gasteiger partial charge in [0.15, 0.2) is 5.76 Å². The summed E-state index contributed by atoms with van der Waals surface area (Å²) in [5.74, 6) is 1.69. The van der Waals surface area contributed by atoms with E-state index < -0.39 is 24.1 Å². The number of nitrogens with one attached hydrogen (secondary N) is 4. The van der Waals surface area contributed by atoms with Crippen molar-refractivity contribution in [2.24, 2.45) is 0 Å². The molecule has 1 aliphatic heterocycles. The van der Waals surface area contributed by atoms with E-state index in [0.29, 0.717) is 46.8 Å². The lowest BCUT2D eigenvalue weighted by molar-refractivity contribution is -0.128. The Kier molecular flexibility index (Phi) is 9.91. The van der Waals surface area contributed by atoms with Crippen LogP contribution in [0.15, 0.2) is 108 Å². The quantitative estimate of drug-likeness (QED) is 0.122. The topological polar surface area (TPSA) is 171 Å². The third-order valence-electron chi connectivity index (χ3n) is 8.92. The van der Waals surface area contributed by atoms with E-state index in [0.717, 1.165) is 29.5 Å². The zero-order chi connectivity index (χ0) is 36.0. The summed E-state index contributed by atoms with van der Waals surface area (Å²) in [6.45, 7) is 2.47. The highest BCUT2D eigenvalue weighted by molar-refractivity contribution is 5.89. The molecule has 52 heavy (non-hydrogen) atoms. The van der Waals surface area contributed by atoms with Gasteiger partial charge < -0.3 is 34.7 Å². The number of methoxy groups -OCH3 is 1. The number of H-pyrrole nitrogens is 2. The second-order valence-electron chi connectivity index (χ2n) is 12.4. The molecule has 0 spiro atoms. The van der Waals surface area contributed by atoms with Gasteiger partial charge in [0.05, 0.1) is 37.5 Å². The van der Waals surface area contributed by atoms with Gasteiger partial charge in [-0.3, -0.25) is 9.59 Å². The molecule has 263 valence electrons. The summed E-state index contributed by atoms with van der Waals surface area (Å²) in [6.07, 6.45) is 7.82. The Morgan fingerprint density at radius 2 is 1.67 bits per heavy atom. The molecule has 3 aromatic carbocycles. The van der Waals surface area contributed by atoms with Gasteiger partial charge in [0, 0.05) is 30.1 Å². The second-order valence-corrected chi connectivity index (χ2v) is 12.4. The molecule has 4 N–H and O–H groups in total. The monoisotopic (exact) mass is 697 g/mol. The summed E-state index contributed by atoms with van der Waals surface area (Å²) >= 11 is 0. The summed E-state index contributed by atoms with van der Waals surface area (Å²) in [7, 11) is 1.25. The van der Waals surface area contributed by atoms with E-state index >= 15 is 0 Å². The highest BCUT2D eigenvalue weighted by Gasteiger charge is 2.32. The number of imidazole rings is 2. The number of carbonyl (C=O) groups excluding carboxylic acids is 3. The predicted octanol–water partition coefficient (Wildman–Crippen LogP) is 6.31. The predicted molar refractivity (Wildman–Crippen MR) is 192 cm³/mol. The first-order valence-corrected chi connectivity index (χ1v) is 16.9. The molecule has 6 aromatic rings. The van der Waals surface area contributed by atoms with Crippen molar-refractivity contribution in [3.8, 4) is 34.2 Å². The fourth-order valence-electron chi connectivity index (χ4n) is 6.26. The van der Waals surface area contributed by atoms with Crippen molar-refractivity contribution < 1.29 is 23.5 Å². The number of likely N-dealkylation sites (tertiary alicyclic amines) is 1. The van der Waals surface area contributed by atoms with Crippen LogP contribution >= 0.6 is 0 Å². The van der Waals surface area contributed by atoms with Gasteiger partial charge in [0.1, 0.15) is 23.4 Å². The Bertz CT molecular complexity index is 2160. The van der Waals surface area contributed by atoms with E-state index in [9.17, 15) is 14.4 Å². The molecular weight excluding hydrogens is 660 g/mol. The van der Waals surface area contributed by atoms with E-state index in [1.807, 2.05) is 65.6 Å². The van der Waals surface area contributed by atoms with E-state index in [-0.39, 0.29) is 11.9 Å². The Balaban J connectivity index is 1.02. The number of aromatic nitrogens is 5. The number of benzene rings is 3. The maximum Gasteiger partial charge on any atom is 0.407 e. The van der Waals surface area contributed by atoms with Crippen molar-refractivity contribution in [1.29, 1.82) is 0 Å². The fourth-order valence-corrected chi connectivity index (χ4v) is 6.26. The third-order valence-corrected chi connectivity index (χ3v) is 8.92. The fraction of sp³-hybridized carbons (Fsp3) is 0.205. The zero-order valence-electron chi connectivity index (χ0n) is 28.6. The van der Waals surface area contributed by atoms with Crippen LogP contribution in [0, 0.1) is 6.42 Å². The lowest BCUT2D eigenvalue weighted by Crippen LogP contribution is -2.41. The standard InChI is InChI=1S/C39H37N8O5/c1-24(43-37(49)34(46-39(50)51-2)26-13-7-4-8-14-26)35-40-21-29(44-35)27-15-9-16-28(20-27)32-23-42-38(52-32)30-22-41-36(45-30)31-17-10-18-47(31)33(48)19-25-11-5-3-6-12-25/h3-9,11-16,19-24,31,34H,10,17-18H2,1-2H3,(H,40,44)(H,41,45)(H,43,49)(H,46,50)/t24-,31-,34+/m0/s1. The van der Waals surface area contributed by atoms with Gasteiger partial charge in [-0.1, -0.05) is 78.9 Å². The van der Waals surface area contributed by atoms with E-state index in [4.69, 9.17) is 19.1 Å². The molecule has 3 aromatic heterocycles. The Morgan fingerprint density at radius 1 is 0.923 bits per heavy atom. The average Bonchev–Trinajstić information content (AvgIpc) is 4.01. The molecule has 13 nitrogen and oxygen atoms in total. The first-order valence-electron chi connectivity index (χ1n) is 16.9. The van der Waals surface area contributed by atoms with Crippen molar-refractivity contribution in [2.45, 2.75) is 37.9 Å².